The fraction of sp³-hybridized carbons (Fsp3) is 0.353. The molecule has 0 aliphatic heterocycles. The van der Waals surface area contributed by atoms with Gasteiger partial charge in [0.2, 0.25) is 0 Å². The van der Waals surface area contributed by atoms with Gasteiger partial charge in [-0.2, -0.15) is 0 Å². The van der Waals surface area contributed by atoms with Crippen LogP contribution >= 0.6 is 12.4 Å². The van der Waals surface area contributed by atoms with Gasteiger partial charge in [-0.25, -0.2) is 4.98 Å². The molecule has 1 heterocycles. The minimum Gasteiger partial charge on any atom is -0.507 e. The van der Waals surface area contributed by atoms with Gasteiger partial charge in [0.1, 0.15) is 11.5 Å². The molecule has 1 aliphatic carbocycles. The molecule has 5 heteroatoms. The fourth-order valence-electron chi connectivity index (χ4n) is 2.76. The van der Waals surface area contributed by atoms with Crippen molar-refractivity contribution in [2.75, 3.05) is 6.61 Å². The van der Waals surface area contributed by atoms with Crippen LogP contribution in [0.5, 0.6) is 11.5 Å². The Morgan fingerprint density at radius 2 is 2.23 bits per heavy atom. The van der Waals surface area contributed by atoms with Gasteiger partial charge in [-0.05, 0) is 43.7 Å². The molecule has 2 aromatic rings. The number of hydrogen-bond acceptors (Lipinski definition) is 3. The molecule has 0 spiro atoms. The molecule has 1 aliphatic rings. The summed E-state index contributed by atoms with van der Waals surface area (Å²) in [6.07, 6.45) is 12.4. The molecule has 0 fully saturated rings. The van der Waals surface area contributed by atoms with E-state index in [1.165, 1.54) is 12.8 Å². The lowest BCUT2D eigenvalue weighted by Crippen LogP contribution is -2.09. The number of phenols is 1. The molecule has 1 aromatic heterocycles. The highest BCUT2D eigenvalue weighted by Gasteiger charge is 2.14. The summed E-state index contributed by atoms with van der Waals surface area (Å²) in [4.78, 5) is 7.02. The Kier molecular flexibility index (Phi) is 5.90. The van der Waals surface area contributed by atoms with E-state index in [0.29, 0.717) is 23.8 Å². The molecule has 1 unspecified atom stereocenters. The van der Waals surface area contributed by atoms with Crippen molar-refractivity contribution in [3.8, 4) is 22.8 Å². The van der Waals surface area contributed by atoms with Crippen LogP contribution in [0, 0.1) is 5.92 Å². The Hall–Kier alpha value is -1.94. The Labute approximate surface area is 136 Å². The lowest BCUT2D eigenvalue weighted by Gasteiger charge is -2.18. The van der Waals surface area contributed by atoms with E-state index in [1.807, 2.05) is 6.07 Å². The summed E-state index contributed by atoms with van der Waals surface area (Å²) < 4.78 is 5.91. The molecular formula is C17H21ClN2O2. The summed E-state index contributed by atoms with van der Waals surface area (Å²) in [5.74, 6) is 1.62. The quantitative estimate of drug-likeness (QED) is 0.806. The summed E-state index contributed by atoms with van der Waals surface area (Å²) in [7, 11) is 0. The Morgan fingerprint density at radius 1 is 1.32 bits per heavy atom. The van der Waals surface area contributed by atoms with Gasteiger partial charge in [0.15, 0.2) is 0 Å². The van der Waals surface area contributed by atoms with E-state index in [9.17, 15) is 5.11 Å². The molecule has 0 saturated heterocycles. The average molecular weight is 321 g/mol. The van der Waals surface area contributed by atoms with Gasteiger partial charge in [0.25, 0.3) is 0 Å². The monoisotopic (exact) mass is 320 g/mol. The number of H-pyrrole nitrogens is 1. The second-order valence-electron chi connectivity index (χ2n) is 5.40. The molecule has 1 atom stereocenters. The van der Waals surface area contributed by atoms with Crippen LogP contribution < -0.4 is 4.74 Å². The largest absolute Gasteiger partial charge is 0.507 e. The standard InChI is InChI=1S/C17H20N2O2.ClH/c20-15-7-4-8-16(17(15)14-11-18-12-19-14)21-10-9-13-5-2-1-3-6-13;/h1-2,4,7-8,11-13,20H,3,5-6,9-10H2,(H,18,19);1H. The van der Waals surface area contributed by atoms with Crippen molar-refractivity contribution < 1.29 is 9.84 Å². The SMILES string of the molecule is Cl.Oc1cccc(OCCC2CC=CCC2)c1-c1cnc[nH]1. The van der Waals surface area contributed by atoms with Crippen LogP contribution in [0.15, 0.2) is 42.9 Å². The zero-order valence-corrected chi connectivity index (χ0v) is 13.2. The first-order valence-electron chi connectivity index (χ1n) is 7.43. The lowest BCUT2D eigenvalue weighted by atomic mass is 9.92. The molecule has 118 valence electrons. The number of aromatic hydroxyl groups is 1. The minimum atomic E-state index is 0. The second-order valence-corrected chi connectivity index (χ2v) is 5.40. The van der Waals surface area contributed by atoms with E-state index in [2.05, 4.69) is 22.1 Å². The summed E-state index contributed by atoms with van der Waals surface area (Å²) in [6.45, 7) is 0.670. The molecule has 0 bridgehead atoms. The minimum absolute atomic E-state index is 0. The van der Waals surface area contributed by atoms with Crippen molar-refractivity contribution in [3.05, 3.63) is 42.9 Å². The topological polar surface area (TPSA) is 58.1 Å². The second kappa shape index (κ2) is 7.90. The number of rotatable bonds is 5. The summed E-state index contributed by atoms with van der Waals surface area (Å²) in [5, 5.41) is 10.1. The van der Waals surface area contributed by atoms with Crippen LogP contribution in [-0.4, -0.2) is 21.7 Å². The van der Waals surface area contributed by atoms with E-state index in [1.54, 1.807) is 24.7 Å². The van der Waals surface area contributed by atoms with Gasteiger partial charge in [-0.1, -0.05) is 18.2 Å². The highest BCUT2D eigenvalue weighted by atomic mass is 35.5. The van der Waals surface area contributed by atoms with Gasteiger partial charge in [0.05, 0.1) is 30.4 Å². The molecule has 2 N–H and O–H groups in total. The maximum absolute atomic E-state index is 10.1. The van der Waals surface area contributed by atoms with Crippen molar-refractivity contribution >= 4 is 12.4 Å². The lowest BCUT2D eigenvalue weighted by molar-refractivity contribution is 0.271. The third-order valence-electron chi connectivity index (χ3n) is 3.93. The number of nitrogens with one attached hydrogen (secondary N) is 1. The zero-order valence-electron chi connectivity index (χ0n) is 12.4. The molecule has 0 radical (unpaired) electrons. The highest BCUT2D eigenvalue weighted by Crippen LogP contribution is 2.36. The van der Waals surface area contributed by atoms with Crippen molar-refractivity contribution in [3.63, 3.8) is 0 Å². The molecule has 0 saturated carbocycles. The number of aromatic amines is 1. The van der Waals surface area contributed by atoms with Gasteiger partial charge >= 0.3 is 0 Å². The van der Waals surface area contributed by atoms with Crippen molar-refractivity contribution in [1.82, 2.24) is 9.97 Å². The van der Waals surface area contributed by atoms with E-state index in [0.717, 1.165) is 18.5 Å². The molecule has 4 nitrogen and oxygen atoms in total. The average Bonchev–Trinajstić information content (AvgIpc) is 3.02. The number of nitrogens with zero attached hydrogens (tertiary/aromatic N) is 1. The molecule has 3 rings (SSSR count). The maximum atomic E-state index is 10.1. The predicted molar refractivity (Wildman–Crippen MR) is 89.5 cm³/mol. The van der Waals surface area contributed by atoms with Gasteiger partial charge in [0, 0.05) is 0 Å². The fourth-order valence-corrected chi connectivity index (χ4v) is 2.76. The number of ether oxygens (including phenoxy) is 1. The normalized spacial score (nSPS) is 17.0. The molecule has 1 aromatic carbocycles. The van der Waals surface area contributed by atoms with Crippen molar-refractivity contribution in [2.24, 2.45) is 5.92 Å². The smallest absolute Gasteiger partial charge is 0.132 e. The number of imidazole rings is 1. The Bertz CT molecular complexity index is 611. The van der Waals surface area contributed by atoms with Crippen LogP contribution in [0.2, 0.25) is 0 Å². The van der Waals surface area contributed by atoms with E-state index < -0.39 is 0 Å². The number of phenolic OH excluding ortho intramolecular Hbond substituents is 1. The molecule has 0 amide bonds. The van der Waals surface area contributed by atoms with Crippen molar-refractivity contribution in [2.45, 2.75) is 25.7 Å². The number of aromatic nitrogens is 2. The van der Waals surface area contributed by atoms with Crippen LogP contribution in [0.25, 0.3) is 11.3 Å². The summed E-state index contributed by atoms with van der Waals surface area (Å²) in [5.41, 5.74) is 1.45. The summed E-state index contributed by atoms with van der Waals surface area (Å²) in [6, 6.07) is 5.35. The third kappa shape index (κ3) is 3.83. The first-order valence-corrected chi connectivity index (χ1v) is 7.43. The highest BCUT2D eigenvalue weighted by molar-refractivity contribution is 5.85. The number of hydrogen-bond donors (Lipinski definition) is 2. The van der Waals surface area contributed by atoms with Crippen molar-refractivity contribution in [1.29, 1.82) is 0 Å². The van der Waals surface area contributed by atoms with Gasteiger partial charge < -0.3 is 14.8 Å². The van der Waals surface area contributed by atoms with E-state index in [-0.39, 0.29) is 18.2 Å². The van der Waals surface area contributed by atoms with Gasteiger partial charge in [-0.3, -0.25) is 0 Å². The maximum Gasteiger partial charge on any atom is 0.132 e. The summed E-state index contributed by atoms with van der Waals surface area (Å²) >= 11 is 0. The molecule has 22 heavy (non-hydrogen) atoms. The zero-order chi connectivity index (χ0) is 14.5. The number of allylic oxidation sites excluding steroid dienone is 2. The predicted octanol–water partition coefficient (Wildman–Crippen LogP) is 4.33. The van der Waals surface area contributed by atoms with Crippen LogP contribution in [0.1, 0.15) is 25.7 Å². The Balaban J connectivity index is 0.00000176. The number of halogens is 1. The van der Waals surface area contributed by atoms with Crippen LogP contribution in [-0.2, 0) is 0 Å². The number of benzene rings is 1. The third-order valence-corrected chi connectivity index (χ3v) is 3.93. The molecular weight excluding hydrogens is 300 g/mol. The Morgan fingerprint density at radius 3 is 2.95 bits per heavy atom. The first kappa shape index (κ1) is 16.4. The van der Waals surface area contributed by atoms with Crippen LogP contribution in [0.3, 0.4) is 0 Å². The van der Waals surface area contributed by atoms with Crippen LogP contribution in [0.4, 0.5) is 0 Å². The van der Waals surface area contributed by atoms with E-state index >= 15 is 0 Å². The van der Waals surface area contributed by atoms with E-state index in [4.69, 9.17) is 4.74 Å². The first-order chi connectivity index (χ1) is 10.3. The van der Waals surface area contributed by atoms with Gasteiger partial charge in [-0.15, -0.1) is 12.4 Å².